The Balaban J connectivity index is 1.67. The largest absolute Gasteiger partial charge is 0.353 e. The van der Waals surface area contributed by atoms with Gasteiger partial charge in [-0.3, -0.25) is 0 Å². The van der Waals surface area contributed by atoms with Gasteiger partial charge in [0.05, 0.1) is 0 Å². The normalized spacial score (nSPS) is 32.2. The van der Waals surface area contributed by atoms with Crippen molar-refractivity contribution in [3.63, 3.8) is 0 Å². The lowest BCUT2D eigenvalue weighted by atomic mass is 9.80. The molecule has 0 bridgehead atoms. The number of nitrogens with one attached hydrogen (secondary N) is 1. The highest BCUT2D eigenvalue weighted by atomic mass is 15.2. The number of rotatable bonds is 3. The Labute approximate surface area is 123 Å². The van der Waals surface area contributed by atoms with E-state index >= 15 is 0 Å². The van der Waals surface area contributed by atoms with Crippen LogP contribution in [0, 0.1) is 11.8 Å². The maximum atomic E-state index is 4.59. The molecule has 20 heavy (non-hydrogen) atoms. The molecule has 3 heteroatoms. The second-order valence-electron chi connectivity index (χ2n) is 7.10. The van der Waals surface area contributed by atoms with E-state index in [4.69, 9.17) is 0 Å². The van der Waals surface area contributed by atoms with Gasteiger partial charge in [0.25, 0.3) is 0 Å². The Morgan fingerprint density at radius 1 is 1.10 bits per heavy atom. The fourth-order valence-electron chi connectivity index (χ4n) is 4.12. The molecule has 3 unspecified atom stereocenters. The molecule has 1 heterocycles. The number of aromatic nitrogens is 2. The van der Waals surface area contributed by atoms with Crippen LogP contribution in [0.5, 0.6) is 0 Å². The Morgan fingerprint density at radius 3 is 2.65 bits per heavy atom. The number of imidazole rings is 1. The summed E-state index contributed by atoms with van der Waals surface area (Å²) in [6.45, 7) is 4.77. The number of anilines is 1. The first-order valence-corrected chi connectivity index (χ1v) is 8.53. The number of nitrogens with zero attached hydrogens (tertiary/aromatic N) is 2. The molecule has 1 aromatic rings. The van der Waals surface area contributed by atoms with E-state index in [9.17, 15) is 0 Å². The molecule has 0 spiro atoms. The summed E-state index contributed by atoms with van der Waals surface area (Å²) >= 11 is 0. The Morgan fingerprint density at radius 2 is 1.90 bits per heavy atom. The molecule has 3 nitrogen and oxygen atoms in total. The first-order valence-electron chi connectivity index (χ1n) is 8.53. The van der Waals surface area contributed by atoms with Gasteiger partial charge in [-0.1, -0.05) is 33.1 Å². The van der Waals surface area contributed by atoms with Crippen LogP contribution in [-0.2, 0) is 0 Å². The van der Waals surface area contributed by atoms with Gasteiger partial charge in [0.15, 0.2) is 0 Å². The molecule has 2 saturated carbocycles. The van der Waals surface area contributed by atoms with Crippen molar-refractivity contribution in [1.29, 1.82) is 0 Å². The number of hydrogen-bond acceptors (Lipinski definition) is 2. The number of hydrogen-bond donors (Lipinski definition) is 1. The van der Waals surface area contributed by atoms with Gasteiger partial charge in [-0.2, -0.15) is 0 Å². The van der Waals surface area contributed by atoms with Crippen LogP contribution < -0.4 is 5.32 Å². The van der Waals surface area contributed by atoms with Gasteiger partial charge in [-0.05, 0) is 43.9 Å². The molecular formula is C17H29N3. The lowest BCUT2D eigenvalue weighted by Gasteiger charge is -2.34. The minimum absolute atomic E-state index is 0.607. The average molecular weight is 275 g/mol. The second kappa shape index (κ2) is 6.19. The zero-order chi connectivity index (χ0) is 13.9. The highest BCUT2D eigenvalue weighted by molar-refractivity contribution is 5.29. The van der Waals surface area contributed by atoms with E-state index in [0.717, 1.165) is 17.8 Å². The Hall–Kier alpha value is -0.990. The summed E-state index contributed by atoms with van der Waals surface area (Å²) in [4.78, 5) is 4.59. The molecule has 3 atom stereocenters. The van der Waals surface area contributed by atoms with Crippen molar-refractivity contribution < 1.29 is 0 Å². The molecule has 112 valence electrons. The molecule has 1 N–H and O–H groups in total. The Bertz CT molecular complexity index is 420. The summed E-state index contributed by atoms with van der Waals surface area (Å²) in [6, 6.07) is 1.28. The quantitative estimate of drug-likeness (QED) is 0.872. The van der Waals surface area contributed by atoms with Gasteiger partial charge < -0.3 is 9.88 Å². The highest BCUT2D eigenvalue weighted by Gasteiger charge is 2.27. The van der Waals surface area contributed by atoms with E-state index in [-0.39, 0.29) is 0 Å². The molecule has 3 rings (SSSR count). The summed E-state index contributed by atoms with van der Waals surface area (Å²) in [5.74, 6) is 2.76. The van der Waals surface area contributed by atoms with Gasteiger partial charge in [-0.15, -0.1) is 0 Å². The standard InChI is InChI=1S/C17H29N3/c1-13-8-9-16(14(2)12-13)19-17-18-10-11-20(17)15-6-4-3-5-7-15/h10-11,13-16H,3-9,12H2,1-2H3,(H,18,19). The first kappa shape index (κ1) is 14.0. The Kier molecular flexibility index (Phi) is 4.32. The maximum absolute atomic E-state index is 4.59. The van der Waals surface area contributed by atoms with Crippen LogP contribution in [0.4, 0.5) is 5.95 Å². The van der Waals surface area contributed by atoms with Crippen LogP contribution in [0.25, 0.3) is 0 Å². The van der Waals surface area contributed by atoms with Crippen molar-refractivity contribution in [2.75, 3.05) is 5.32 Å². The zero-order valence-electron chi connectivity index (χ0n) is 13.0. The molecule has 0 aromatic carbocycles. The molecule has 0 amide bonds. The van der Waals surface area contributed by atoms with Crippen LogP contribution in [0.3, 0.4) is 0 Å². The summed E-state index contributed by atoms with van der Waals surface area (Å²) < 4.78 is 2.41. The van der Waals surface area contributed by atoms with Gasteiger partial charge in [0.2, 0.25) is 5.95 Å². The third-order valence-electron chi connectivity index (χ3n) is 5.38. The first-order chi connectivity index (χ1) is 9.74. The SMILES string of the molecule is CC1CCC(Nc2nccn2C2CCCCC2)C(C)C1. The van der Waals surface area contributed by atoms with Crippen LogP contribution in [0.15, 0.2) is 12.4 Å². The van der Waals surface area contributed by atoms with E-state index in [1.165, 1.54) is 51.4 Å². The third-order valence-corrected chi connectivity index (χ3v) is 5.38. The van der Waals surface area contributed by atoms with Gasteiger partial charge in [-0.25, -0.2) is 4.98 Å². The van der Waals surface area contributed by atoms with Crippen molar-refractivity contribution in [3.8, 4) is 0 Å². The van der Waals surface area contributed by atoms with Crippen molar-refractivity contribution in [1.82, 2.24) is 9.55 Å². The van der Waals surface area contributed by atoms with Crippen molar-refractivity contribution in [3.05, 3.63) is 12.4 Å². The molecule has 2 aliphatic rings. The van der Waals surface area contributed by atoms with Crippen LogP contribution in [-0.4, -0.2) is 15.6 Å². The summed E-state index contributed by atoms with van der Waals surface area (Å²) in [5, 5.41) is 3.75. The van der Waals surface area contributed by atoms with Gasteiger partial charge in [0, 0.05) is 24.5 Å². The average Bonchev–Trinajstić information content (AvgIpc) is 2.91. The minimum atomic E-state index is 0.607. The predicted molar refractivity (Wildman–Crippen MR) is 83.9 cm³/mol. The molecule has 0 aliphatic heterocycles. The lowest BCUT2D eigenvalue weighted by Crippen LogP contribution is -2.34. The van der Waals surface area contributed by atoms with Crippen molar-refractivity contribution >= 4 is 5.95 Å². The third kappa shape index (κ3) is 3.02. The molecular weight excluding hydrogens is 246 g/mol. The molecule has 2 aliphatic carbocycles. The van der Waals surface area contributed by atoms with Gasteiger partial charge in [0.1, 0.15) is 0 Å². The molecule has 1 aromatic heterocycles. The van der Waals surface area contributed by atoms with Crippen molar-refractivity contribution in [2.45, 2.75) is 77.3 Å². The predicted octanol–water partition coefficient (Wildman–Crippen LogP) is 4.62. The minimum Gasteiger partial charge on any atom is -0.353 e. The zero-order valence-corrected chi connectivity index (χ0v) is 13.0. The fourth-order valence-corrected chi connectivity index (χ4v) is 4.12. The smallest absolute Gasteiger partial charge is 0.203 e. The van der Waals surface area contributed by atoms with E-state index in [0.29, 0.717) is 12.1 Å². The van der Waals surface area contributed by atoms with E-state index < -0.39 is 0 Å². The van der Waals surface area contributed by atoms with Crippen LogP contribution in [0.2, 0.25) is 0 Å². The maximum Gasteiger partial charge on any atom is 0.203 e. The summed E-state index contributed by atoms with van der Waals surface area (Å²) in [5.41, 5.74) is 0. The van der Waals surface area contributed by atoms with Crippen LogP contribution >= 0.6 is 0 Å². The summed E-state index contributed by atoms with van der Waals surface area (Å²) in [7, 11) is 0. The molecule has 0 radical (unpaired) electrons. The lowest BCUT2D eigenvalue weighted by molar-refractivity contribution is 0.274. The highest BCUT2D eigenvalue weighted by Crippen LogP contribution is 2.33. The van der Waals surface area contributed by atoms with E-state index in [2.05, 4.69) is 34.9 Å². The van der Waals surface area contributed by atoms with E-state index in [1.807, 2.05) is 6.20 Å². The second-order valence-corrected chi connectivity index (χ2v) is 7.10. The summed E-state index contributed by atoms with van der Waals surface area (Å²) in [6.07, 6.45) is 14.9. The van der Waals surface area contributed by atoms with Crippen molar-refractivity contribution in [2.24, 2.45) is 11.8 Å². The topological polar surface area (TPSA) is 29.9 Å². The fraction of sp³-hybridized carbons (Fsp3) is 0.824. The van der Waals surface area contributed by atoms with Crippen LogP contribution in [0.1, 0.15) is 71.3 Å². The van der Waals surface area contributed by atoms with E-state index in [1.54, 1.807) is 0 Å². The molecule has 0 saturated heterocycles. The molecule has 2 fully saturated rings. The monoisotopic (exact) mass is 275 g/mol. The van der Waals surface area contributed by atoms with Gasteiger partial charge >= 0.3 is 0 Å².